The van der Waals surface area contributed by atoms with Gasteiger partial charge in [-0.1, -0.05) is 187 Å². The molecule has 720 valence electrons. The van der Waals surface area contributed by atoms with Crippen molar-refractivity contribution in [2.75, 3.05) is 21.3 Å². The van der Waals surface area contributed by atoms with Gasteiger partial charge in [-0.25, -0.2) is 0 Å². The molecular formula is C125H114N8O11. The molecule has 0 fully saturated rings. The number of methoxy groups -OCH3 is 3. The molecule has 0 unspecified atom stereocenters. The van der Waals surface area contributed by atoms with Crippen molar-refractivity contribution in [1.29, 1.82) is 0 Å². The van der Waals surface area contributed by atoms with Crippen LogP contribution in [0.3, 0.4) is 0 Å². The van der Waals surface area contributed by atoms with Crippen molar-refractivity contribution in [2.24, 2.45) is 49.3 Å². The Hall–Kier alpha value is -17.3. The van der Waals surface area contributed by atoms with Gasteiger partial charge >= 0.3 is 0 Å². The Kier molecular flexibility index (Phi) is 28.7. The lowest BCUT2D eigenvalue weighted by molar-refractivity contribution is 0.415. The molecule has 0 amide bonds. The standard InChI is InChI=1S/C18H19NO.2C17H17NO.C16H15NO3.C15H13NO2.C15H13NO.C14H11NO.C13H9NO/c1-4-12-10-11-16-17(13(12)5-2)18(20)14-8-6-7-9-15(14)19(16)3;1-11(2)12-8-6-9-14-16(12)18(3)15-10-5-4-7-13(15)17(14)19;1-11(2)12-8-9-16-14(10-12)17(19)13-6-4-5-7-15(13)18(16)3;1-17-14-8-10(19-2)4-6-12(14)16(18)13-7-5-11(20-3)9-15(13)17;1-16-13-6-4-3-5-11(13)15(17)12-9-10(18-2)7-8-14(12)16;1-10-7-8-14-12(9-10)15(17)11-5-3-4-6-13(11)16(14)2;1-15-12-8-4-2-6-10(12)14(16)11-7-3-5-9-13(11)15;15-13-9-5-1-3-7-11(9)14-12-8-4-2-6-10(12)13/h6-11H,4-5H2,1-3H3;2*4-11H,1-3H3;4-9H,1-3H3;3-9H,1-2H3;3-9H,1-2H3;2-9H,1H3;1-8H,(H,14,15). The molecule has 0 aliphatic carbocycles. The number of pyridine rings is 8. The van der Waals surface area contributed by atoms with E-state index in [1.807, 2.05) is 344 Å². The second-order valence-corrected chi connectivity index (χ2v) is 36.7. The van der Waals surface area contributed by atoms with Gasteiger partial charge < -0.3 is 51.2 Å². The summed E-state index contributed by atoms with van der Waals surface area (Å²) in [5.41, 5.74) is 22.2. The van der Waals surface area contributed by atoms with E-state index in [1.54, 1.807) is 51.7 Å². The summed E-state index contributed by atoms with van der Waals surface area (Å²) < 4.78 is 30.2. The minimum Gasteiger partial charge on any atom is -0.497 e. The summed E-state index contributed by atoms with van der Waals surface area (Å²) in [7, 11) is 18.8. The fourth-order valence-electron chi connectivity index (χ4n) is 19.9. The average Bonchev–Trinajstić information content (AvgIpc) is 0.737. The second-order valence-electron chi connectivity index (χ2n) is 36.7. The van der Waals surface area contributed by atoms with Gasteiger partial charge in [0.15, 0.2) is 43.4 Å². The molecular weight excluding hydrogens is 1790 g/mol. The number of aromatic nitrogens is 8. The maximum absolute atomic E-state index is 12.9. The first-order chi connectivity index (χ1) is 69.6. The van der Waals surface area contributed by atoms with Crippen LogP contribution < -0.4 is 57.6 Å². The first kappa shape index (κ1) is 98.3. The van der Waals surface area contributed by atoms with Gasteiger partial charge in [-0.05, 0) is 242 Å². The van der Waals surface area contributed by atoms with Crippen LogP contribution in [-0.4, -0.2) is 58.3 Å². The minimum absolute atomic E-state index is 0.0263. The zero-order valence-corrected chi connectivity index (χ0v) is 84.0. The molecule has 19 heteroatoms. The Morgan fingerprint density at radius 2 is 0.535 bits per heavy atom. The molecule has 0 aliphatic heterocycles. The van der Waals surface area contributed by atoms with Crippen LogP contribution >= 0.6 is 0 Å². The van der Waals surface area contributed by atoms with E-state index >= 15 is 0 Å². The largest absolute Gasteiger partial charge is 0.497 e. The van der Waals surface area contributed by atoms with Crippen molar-refractivity contribution in [2.45, 2.75) is 73.1 Å². The second kappa shape index (κ2) is 42.0. The normalized spacial score (nSPS) is 11.2. The highest BCUT2D eigenvalue weighted by Crippen LogP contribution is 2.33. The number of benzene rings is 16. The number of hydrogen-bond acceptors (Lipinski definition) is 11. The van der Waals surface area contributed by atoms with Crippen molar-refractivity contribution < 1.29 is 14.2 Å². The van der Waals surface area contributed by atoms with Crippen LogP contribution in [0.25, 0.3) is 174 Å². The summed E-state index contributed by atoms with van der Waals surface area (Å²) in [6, 6.07) is 108. The van der Waals surface area contributed by atoms with Crippen LogP contribution in [0.2, 0.25) is 0 Å². The van der Waals surface area contributed by atoms with Gasteiger partial charge in [0.2, 0.25) is 0 Å². The number of nitrogens with zero attached hydrogens (tertiary/aromatic N) is 7. The molecule has 24 aromatic rings. The summed E-state index contributed by atoms with van der Waals surface area (Å²) in [5, 5.41) is 12.3. The number of aromatic amines is 1. The molecule has 0 atom stereocenters. The highest BCUT2D eigenvalue weighted by molar-refractivity contribution is 6.02. The first-order valence-corrected chi connectivity index (χ1v) is 48.3. The summed E-state index contributed by atoms with van der Waals surface area (Å²) in [6.45, 7) is 14.9. The fourth-order valence-corrected chi connectivity index (χ4v) is 19.9. The summed E-state index contributed by atoms with van der Waals surface area (Å²) in [6.07, 6.45) is 1.86. The smallest absolute Gasteiger partial charge is 0.197 e. The Morgan fingerprint density at radius 1 is 0.243 bits per heavy atom. The van der Waals surface area contributed by atoms with Gasteiger partial charge in [0, 0.05) is 159 Å². The van der Waals surface area contributed by atoms with E-state index in [1.165, 1.54) is 22.3 Å². The maximum atomic E-state index is 12.9. The Balaban J connectivity index is 0.000000113. The van der Waals surface area contributed by atoms with E-state index in [0.717, 1.165) is 188 Å². The molecule has 0 bridgehead atoms. The molecule has 1 N–H and O–H groups in total. The molecule has 8 heterocycles. The number of aryl methyl sites for hydroxylation is 10. The zero-order chi connectivity index (χ0) is 102. The van der Waals surface area contributed by atoms with E-state index in [2.05, 4.69) is 99.7 Å². The van der Waals surface area contributed by atoms with Crippen LogP contribution in [0.4, 0.5) is 0 Å². The Bertz CT molecular complexity index is 9520. The number of H-pyrrole nitrogens is 1. The fraction of sp³-hybridized carbons (Fsp3) is 0.168. The predicted molar refractivity (Wildman–Crippen MR) is 600 cm³/mol. The van der Waals surface area contributed by atoms with E-state index in [0.29, 0.717) is 33.7 Å². The lowest BCUT2D eigenvalue weighted by atomic mass is 9.96. The van der Waals surface area contributed by atoms with E-state index in [-0.39, 0.29) is 43.4 Å². The molecule has 0 radical (unpaired) electrons. The molecule has 19 nitrogen and oxygen atoms in total. The third-order valence-corrected chi connectivity index (χ3v) is 27.6. The highest BCUT2D eigenvalue weighted by Gasteiger charge is 2.20. The summed E-state index contributed by atoms with van der Waals surface area (Å²) in [4.78, 5) is 103. The monoisotopic (exact) mass is 1900 g/mol. The van der Waals surface area contributed by atoms with E-state index in [9.17, 15) is 38.4 Å². The van der Waals surface area contributed by atoms with Gasteiger partial charge in [-0.15, -0.1) is 0 Å². The average molecular weight is 1900 g/mol. The van der Waals surface area contributed by atoms with Crippen molar-refractivity contribution in [3.63, 3.8) is 0 Å². The predicted octanol–water partition coefficient (Wildman–Crippen LogP) is 25.2. The highest BCUT2D eigenvalue weighted by atomic mass is 16.5. The summed E-state index contributed by atoms with van der Waals surface area (Å²) >= 11 is 0. The van der Waals surface area contributed by atoms with Crippen LogP contribution in [0, 0.1) is 6.92 Å². The van der Waals surface area contributed by atoms with Crippen LogP contribution in [0.15, 0.2) is 378 Å². The lowest BCUT2D eigenvalue weighted by Gasteiger charge is -2.16. The Morgan fingerprint density at radius 3 is 0.931 bits per heavy atom. The number of hydrogen-bond donors (Lipinski definition) is 1. The van der Waals surface area contributed by atoms with Crippen LogP contribution in [0.5, 0.6) is 17.2 Å². The molecule has 144 heavy (non-hydrogen) atoms. The van der Waals surface area contributed by atoms with Crippen molar-refractivity contribution >= 4 is 174 Å². The minimum atomic E-state index is 0.0263. The molecule has 0 spiro atoms. The molecule has 0 saturated carbocycles. The third-order valence-electron chi connectivity index (χ3n) is 27.6. The number of fused-ring (bicyclic) bond motifs is 16. The SMILES string of the molecule is CC(C)c1ccc2c(c1)c(=O)c1ccccc1n2C.CC(C)c1cccc2c(=O)c3ccccc3n(C)c12.CCc1ccc2c(c1CC)c(=O)c1ccccc1n2C.COc1ccc2c(=O)c3ccc(OC)cc3n(C)c2c1.COc1ccc2c(c1)c(=O)c1ccccc1n2C.Cc1ccc2c(c1)c(=O)c1ccccc1n2C.Cn1c2ccccc2c(=O)c2ccccc21.O=c1c2ccccc2[nH]c2ccccc12. The van der Waals surface area contributed by atoms with Crippen molar-refractivity contribution in [1.82, 2.24) is 37.0 Å². The molecule has 8 aromatic heterocycles. The topological polar surface area (TPSA) is 215 Å². The number of rotatable bonds is 7. The number of nitrogens with one attached hydrogen (secondary N) is 1. The van der Waals surface area contributed by atoms with E-state index < -0.39 is 0 Å². The molecule has 0 saturated heterocycles. The van der Waals surface area contributed by atoms with Gasteiger partial charge in [-0.2, -0.15) is 0 Å². The quantitative estimate of drug-likeness (QED) is 0.148. The Labute approximate surface area is 830 Å². The van der Waals surface area contributed by atoms with Crippen LogP contribution in [-0.2, 0) is 62.2 Å². The van der Waals surface area contributed by atoms with Gasteiger partial charge in [0.1, 0.15) is 17.2 Å². The van der Waals surface area contributed by atoms with Gasteiger partial charge in [0.25, 0.3) is 0 Å². The molecule has 24 rings (SSSR count). The summed E-state index contributed by atoms with van der Waals surface area (Å²) in [5.74, 6) is 3.00. The van der Waals surface area contributed by atoms with E-state index in [4.69, 9.17) is 14.2 Å². The van der Waals surface area contributed by atoms with Gasteiger partial charge in [0.05, 0.1) is 98.6 Å². The maximum Gasteiger partial charge on any atom is 0.197 e. The first-order valence-electron chi connectivity index (χ1n) is 48.3. The zero-order valence-electron chi connectivity index (χ0n) is 84.0. The van der Waals surface area contributed by atoms with Crippen LogP contribution in [0.1, 0.15) is 81.2 Å². The molecule has 16 aromatic carbocycles. The van der Waals surface area contributed by atoms with Crippen molar-refractivity contribution in [3.8, 4) is 17.2 Å². The number of para-hydroxylation sites is 10. The third kappa shape index (κ3) is 18.7. The van der Waals surface area contributed by atoms with Gasteiger partial charge in [-0.3, -0.25) is 38.4 Å². The lowest BCUT2D eigenvalue weighted by Crippen LogP contribution is -2.12. The van der Waals surface area contributed by atoms with Crippen molar-refractivity contribution in [3.05, 3.63) is 449 Å². The number of ether oxygens (including phenoxy) is 3. The molecule has 0 aliphatic rings.